The molecule has 6 N–H and O–H groups in total. The van der Waals surface area contributed by atoms with E-state index in [0.29, 0.717) is 55.8 Å². The lowest BCUT2D eigenvalue weighted by atomic mass is 9.97. The van der Waals surface area contributed by atoms with Crippen LogP contribution in [-0.4, -0.2) is 164 Å². The van der Waals surface area contributed by atoms with E-state index in [1.165, 1.54) is 82.8 Å². The molecule has 25 nitrogen and oxygen atoms in total. The van der Waals surface area contributed by atoms with Crippen LogP contribution in [-0.2, 0) is 28.8 Å². The van der Waals surface area contributed by atoms with Gasteiger partial charge in [-0.25, -0.2) is 15.0 Å². The van der Waals surface area contributed by atoms with Gasteiger partial charge in [0.25, 0.3) is 0 Å². The third-order valence-corrected chi connectivity index (χ3v) is 33.6. The summed E-state index contributed by atoms with van der Waals surface area (Å²) in [5, 5.41) is 63.2. The molecule has 0 aliphatic carbocycles. The molecule has 0 fully saturated rings. The highest BCUT2D eigenvalue weighted by molar-refractivity contribution is 9.10. The van der Waals surface area contributed by atoms with E-state index in [4.69, 9.17) is 9.47 Å². The summed E-state index contributed by atoms with van der Waals surface area (Å²) < 4.78 is 19.5. The number of rotatable bonds is 33. The molecule has 0 bridgehead atoms. The molecule has 0 unspecified atom stereocenters. The second kappa shape index (κ2) is 50.7. The van der Waals surface area contributed by atoms with E-state index >= 15 is 0 Å². The standard InChI is InChI=1S/C21H22N2O3S.C20H20N2O2S.C19H18N2O3S.C19H18N2O2S.C18H15FN2O2S.C17H20BrNO2S/c1-4-21(5-2,20(24)25)27-18-9-11-22-17-7-6-14(12-16(17)18)15-8-10-23-19(13-15)26-3;1-3-20(4-2,19(23)24)25-18-9-12-22-17-6-5-15(13-16(17)18)14-7-10-21-11-8-14;1-19(2,18(22)23)25-16-7-9-20-15-5-4-12(10-14(15)16)13-6-8-21-17(11-13)24-3;1-12-10-14(6-8-20-12)13-4-5-16-15(11-13)17(7-9-21-16)24-19(2,3)18(22)23;1-18(2,17(22)23)24-15-6-8-20-14-4-3-11(9-13(14)15)12-5-7-21-16(19)10-12;1-3-8-17(9-4-2,16(20)21)22-15-7-10-19-14-6-5-12(18)11-13(14)15/h6-13H,4-5H2,1-3H3,(H,24,25);5-13H,3-4H2,1-2H3,(H,23,24);4-11H,1-3H3,(H,22,23);4-11H,1-3H3,(H,22,23);3-10H,1-2H3,(H,22,23);5-7,10-11H,3-4,8-9H2,1-2H3,(H,20,21). The van der Waals surface area contributed by atoms with Gasteiger partial charge in [0, 0.05) is 164 Å². The highest BCUT2D eigenvalue weighted by atomic mass is 79.9. The van der Waals surface area contributed by atoms with Crippen molar-refractivity contribution in [2.75, 3.05) is 14.2 Å². The molecule has 758 valence electrons. The Balaban J connectivity index is 0.000000157. The number of hydrogen-bond acceptors (Lipinski definition) is 25. The van der Waals surface area contributed by atoms with E-state index in [1.54, 1.807) is 136 Å². The highest BCUT2D eigenvalue weighted by Gasteiger charge is 2.41. The second-order valence-corrected chi connectivity index (χ2v) is 45.7. The van der Waals surface area contributed by atoms with Gasteiger partial charge in [0.2, 0.25) is 17.7 Å². The summed E-state index contributed by atoms with van der Waals surface area (Å²) in [6.07, 6.45) is 25.7. The molecular formula is C114H113BrFN11O14S6. The Morgan fingerprint density at radius 1 is 0.286 bits per heavy atom. The fourth-order valence-electron chi connectivity index (χ4n) is 15.7. The number of carboxylic acid groups (broad SMARTS) is 6. The van der Waals surface area contributed by atoms with Crippen molar-refractivity contribution < 1.29 is 73.3 Å². The lowest BCUT2D eigenvalue weighted by Crippen LogP contribution is -2.34. The van der Waals surface area contributed by atoms with Crippen molar-refractivity contribution in [2.45, 2.75) is 199 Å². The van der Waals surface area contributed by atoms with Crippen LogP contribution in [0.5, 0.6) is 11.8 Å². The maximum Gasteiger partial charge on any atom is 0.320 e. The predicted molar refractivity (Wildman–Crippen MR) is 594 cm³/mol. The minimum absolute atomic E-state index is 0.541. The normalized spacial score (nSPS) is 11.6. The number of pyridine rings is 11. The van der Waals surface area contributed by atoms with Crippen molar-refractivity contribution >= 4 is 188 Å². The van der Waals surface area contributed by atoms with Gasteiger partial charge in [0.05, 0.1) is 47.3 Å². The molecule has 0 amide bonds. The zero-order valence-electron chi connectivity index (χ0n) is 83.8. The first kappa shape index (κ1) is 112. The van der Waals surface area contributed by atoms with Gasteiger partial charge in [-0.2, -0.15) is 4.39 Å². The maximum absolute atomic E-state index is 13.4. The van der Waals surface area contributed by atoms with Crippen LogP contribution in [0.15, 0.2) is 314 Å². The van der Waals surface area contributed by atoms with Crippen LogP contribution in [0.25, 0.3) is 121 Å². The monoisotopic (exact) mass is 2150 g/mol. The number of aliphatic carboxylic acids is 6. The summed E-state index contributed by atoms with van der Waals surface area (Å²) >= 11 is 11.7. The van der Waals surface area contributed by atoms with Gasteiger partial charge in [-0.3, -0.25) is 68.6 Å². The van der Waals surface area contributed by atoms with Gasteiger partial charge >= 0.3 is 35.8 Å². The van der Waals surface area contributed by atoms with Crippen LogP contribution >= 0.6 is 86.5 Å². The molecule has 0 radical (unpaired) electrons. The number of carboxylic acids is 6. The molecule has 0 aliphatic rings. The number of hydrogen-bond donors (Lipinski definition) is 6. The molecule has 11 aromatic heterocycles. The number of thioether (sulfide) groups is 6. The smallest absolute Gasteiger partial charge is 0.320 e. The van der Waals surface area contributed by atoms with Gasteiger partial charge in [-0.05, 0) is 300 Å². The number of aryl methyl sites for hydroxylation is 1. The fourth-order valence-corrected chi connectivity index (χ4v) is 23.1. The topological polar surface area (TPSA) is 384 Å². The van der Waals surface area contributed by atoms with E-state index in [1.807, 2.05) is 218 Å². The van der Waals surface area contributed by atoms with E-state index < -0.39 is 70.2 Å². The Kier molecular flexibility index (Phi) is 38.7. The minimum Gasteiger partial charge on any atom is -0.481 e. The molecule has 6 aromatic carbocycles. The fraction of sp³-hybridized carbons (Fsp3) is 0.254. The minimum atomic E-state index is -0.965. The zero-order valence-corrected chi connectivity index (χ0v) is 90.3. The van der Waals surface area contributed by atoms with Crippen LogP contribution in [0.2, 0.25) is 0 Å². The lowest BCUT2D eigenvalue weighted by molar-refractivity contribution is -0.141. The number of nitrogens with zero attached hydrogens (tertiary/aromatic N) is 11. The van der Waals surface area contributed by atoms with Gasteiger partial charge < -0.3 is 40.1 Å². The molecule has 147 heavy (non-hydrogen) atoms. The largest absolute Gasteiger partial charge is 0.481 e. The van der Waals surface area contributed by atoms with Crippen molar-refractivity contribution in [3.05, 3.63) is 297 Å². The first-order valence-corrected chi connectivity index (χ1v) is 53.0. The number of aromatic nitrogens is 11. The predicted octanol–water partition coefficient (Wildman–Crippen LogP) is 28.8. The average molecular weight is 2150 g/mol. The molecule has 11 heterocycles. The molecule has 0 spiro atoms. The SMILES string of the molecule is CC(C)(Sc1ccnc2ccc(-c3ccnc(F)c3)cc12)C(=O)O.CCC(CC)(Sc1ccnc2ccc(-c3ccnc(OC)c3)cc12)C(=O)O.CCC(CC)(Sc1ccnc2ccc(-c3ccncc3)cc12)C(=O)O.CCCC(CCC)(Sc1ccnc2ccc(Br)cc12)C(=O)O.COc1cc(-c2ccc3nccc(SC(C)(C)C(=O)O)c3c2)ccn1.Cc1cc(-c2ccc3nccc(SC(C)(C)C(=O)O)c3c2)ccn1. The summed E-state index contributed by atoms with van der Waals surface area (Å²) in [7, 11) is 3.17. The molecule has 33 heteroatoms. The molecule has 17 rings (SSSR count). The number of fused-ring (bicyclic) bond motifs is 6. The Hall–Kier alpha value is -13.5. The summed E-state index contributed by atoms with van der Waals surface area (Å²) in [5.74, 6) is -4.28. The number of methoxy groups -OCH3 is 2. The Bertz CT molecular complexity index is 7460. The summed E-state index contributed by atoms with van der Waals surface area (Å²) in [6.45, 7) is 23.9. The second-order valence-electron chi connectivity index (χ2n) is 35.5. The van der Waals surface area contributed by atoms with Crippen LogP contribution in [0.3, 0.4) is 0 Å². The lowest BCUT2D eigenvalue weighted by Gasteiger charge is -2.28. The van der Waals surface area contributed by atoms with Crippen molar-refractivity contribution in [1.29, 1.82) is 0 Å². The summed E-state index contributed by atoms with van der Waals surface area (Å²) in [6, 6.07) is 65.5. The summed E-state index contributed by atoms with van der Waals surface area (Å²) in [4.78, 5) is 122. The Morgan fingerprint density at radius 2 is 0.537 bits per heavy atom. The van der Waals surface area contributed by atoms with Crippen LogP contribution < -0.4 is 9.47 Å². The van der Waals surface area contributed by atoms with Crippen LogP contribution in [0, 0.1) is 12.9 Å². The Labute approximate surface area is 886 Å². The van der Waals surface area contributed by atoms with Crippen molar-refractivity contribution in [1.82, 2.24) is 54.8 Å². The number of ether oxygens (including phenoxy) is 2. The third-order valence-electron chi connectivity index (χ3n) is 24.3. The number of carbonyl (C=O) groups is 6. The molecule has 0 saturated heterocycles. The maximum atomic E-state index is 13.4. The quantitative estimate of drug-likeness (QED) is 0.0164. The van der Waals surface area contributed by atoms with Gasteiger partial charge in [0.15, 0.2) is 0 Å². The van der Waals surface area contributed by atoms with Crippen LogP contribution in [0.1, 0.15) is 140 Å². The van der Waals surface area contributed by atoms with Crippen molar-refractivity contribution in [3.63, 3.8) is 0 Å². The molecule has 0 aliphatic heterocycles. The van der Waals surface area contributed by atoms with E-state index in [2.05, 4.69) is 89.0 Å². The average Bonchev–Trinajstić information content (AvgIpc) is 0.788. The third kappa shape index (κ3) is 28.3. The van der Waals surface area contributed by atoms with E-state index in [-0.39, 0.29) is 0 Å². The van der Waals surface area contributed by atoms with Crippen molar-refractivity contribution in [3.8, 4) is 67.4 Å². The van der Waals surface area contributed by atoms with Crippen LogP contribution in [0.4, 0.5) is 4.39 Å². The van der Waals surface area contributed by atoms with Gasteiger partial charge in [-0.1, -0.05) is 101 Å². The molecule has 0 saturated carbocycles. The highest BCUT2D eigenvalue weighted by Crippen LogP contribution is 2.49. The van der Waals surface area contributed by atoms with Gasteiger partial charge in [-0.15, -0.1) is 70.6 Å². The Morgan fingerprint density at radius 3 is 0.823 bits per heavy atom. The molecular weight excluding hydrogens is 2040 g/mol. The number of benzene rings is 6. The van der Waals surface area contributed by atoms with E-state index in [9.17, 15) is 63.8 Å². The number of halogens is 2. The van der Waals surface area contributed by atoms with Gasteiger partial charge in [0.1, 0.15) is 28.5 Å². The van der Waals surface area contributed by atoms with E-state index in [0.717, 1.165) is 168 Å². The zero-order chi connectivity index (χ0) is 106. The first-order valence-electron chi connectivity index (χ1n) is 47.3. The molecule has 17 aromatic rings. The summed E-state index contributed by atoms with van der Waals surface area (Å²) in [5.41, 5.74) is 15.8. The van der Waals surface area contributed by atoms with Crippen molar-refractivity contribution in [2.24, 2.45) is 0 Å². The first-order chi connectivity index (χ1) is 70.3. The molecule has 0 atom stereocenters.